The quantitative estimate of drug-likeness (QED) is 0.388. The number of hydrogen-bond donors (Lipinski definition) is 1. The van der Waals surface area contributed by atoms with E-state index in [0.29, 0.717) is 29.2 Å². The summed E-state index contributed by atoms with van der Waals surface area (Å²) in [6.45, 7) is 3.38. The number of ether oxygens (including phenoxy) is 2. The van der Waals surface area contributed by atoms with Crippen molar-refractivity contribution in [3.8, 4) is 11.5 Å². The van der Waals surface area contributed by atoms with Gasteiger partial charge in [-0.3, -0.25) is 0 Å². The number of hydrogen-bond acceptors (Lipinski definition) is 3. The van der Waals surface area contributed by atoms with Gasteiger partial charge in [-0.1, -0.05) is 72.3 Å². The van der Waals surface area contributed by atoms with Gasteiger partial charge >= 0.3 is 0 Å². The van der Waals surface area contributed by atoms with Crippen molar-refractivity contribution in [2.75, 3.05) is 7.11 Å². The summed E-state index contributed by atoms with van der Waals surface area (Å²) in [5, 5.41) is 4.13. The number of benzene rings is 3. The van der Waals surface area contributed by atoms with E-state index in [2.05, 4.69) is 42.6 Å². The smallest absolute Gasteiger partial charge is 0.180 e. The highest BCUT2D eigenvalue weighted by Gasteiger charge is 2.13. The fourth-order valence-corrected chi connectivity index (χ4v) is 3.45. The van der Waals surface area contributed by atoms with Gasteiger partial charge in [0.05, 0.1) is 12.1 Å². The Kier molecular flexibility index (Phi) is 10.0. The van der Waals surface area contributed by atoms with E-state index < -0.39 is 0 Å². The lowest BCUT2D eigenvalue weighted by atomic mass is 10.1. The number of rotatable bonds is 10. The lowest BCUT2D eigenvalue weighted by Crippen LogP contribution is -2.26. The molecule has 0 heterocycles. The lowest BCUT2D eigenvalue weighted by Gasteiger charge is -2.17. The van der Waals surface area contributed by atoms with Crippen LogP contribution < -0.4 is 14.8 Å². The summed E-state index contributed by atoms with van der Waals surface area (Å²) in [6.07, 6.45) is 2.14. The second-order valence-corrected chi connectivity index (χ2v) is 7.60. The Hall–Kier alpha value is -2.20. The fourth-order valence-electron chi connectivity index (χ4n) is 3.17. The lowest BCUT2D eigenvalue weighted by molar-refractivity contribution is 0.284. The Balaban J connectivity index is 0.00000320. The van der Waals surface area contributed by atoms with Gasteiger partial charge < -0.3 is 14.8 Å². The standard InChI is InChI=1S/C25H28ClNO2.ClH/c1-19(13-14-20-9-5-3-6-10-20)27-17-22-15-23(26)25(24(16-22)28-2)29-18-21-11-7-4-8-12-21;/h3-12,15-16,19,27H,13-14,17-18H2,1-2H3;1H. The Morgan fingerprint density at radius 3 is 2.17 bits per heavy atom. The zero-order valence-electron chi connectivity index (χ0n) is 17.4. The van der Waals surface area contributed by atoms with Crippen LogP contribution in [0.15, 0.2) is 72.8 Å². The molecule has 0 saturated heterocycles. The molecule has 3 aromatic carbocycles. The molecule has 5 heteroatoms. The molecule has 0 aromatic heterocycles. The molecule has 0 aliphatic heterocycles. The molecule has 0 aliphatic rings. The molecule has 0 bridgehead atoms. The van der Waals surface area contributed by atoms with Crippen LogP contribution in [-0.2, 0) is 19.6 Å². The Morgan fingerprint density at radius 1 is 0.900 bits per heavy atom. The average molecular weight is 446 g/mol. The third kappa shape index (κ3) is 7.24. The first kappa shape index (κ1) is 24.1. The monoisotopic (exact) mass is 445 g/mol. The first-order valence-corrected chi connectivity index (χ1v) is 10.3. The van der Waals surface area contributed by atoms with Gasteiger partial charge in [-0.2, -0.15) is 0 Å². The first-order chi connectivity index (χ1) is 14.2. The molecule has 0 spiro atoms. The second-order valence-electron chi connectivity index (χ2n) is 7.19. The number of methoxy groups -OCH3 is 1. The predicted molar refractivity (Wildman–Crippen MR) is 127 cm³/mol. The van der Waals surface area contributed by atoms with Crippen molar-refractivity contribution in [2.24, 2.45) is 0 Å². The molecule has 1 atom stereocenters. The van der Waals surface area contributed by atoms with E-state index in [4.69, 9.17) is 21.1 Å². The van der Waals surface area contributed by atoms with Gasteiger partial charge in [-0.05, 0) is 48.6 Å². The summed E-state index contributed by atoms with van der Waals surface area (Å²) in [4.78, 5) is 0. The van der Waals surface area contributed by atoms with Crippen molar-refractivity contribution in [1.29, 1.82) is 0 Å². The molecule has 3 aromatic rings. The predicted octanol–water partition coefficient (Wildman–Crippen LogP) is 6.46. The third-order valence-electron chi connectivity index (χ3n) is 4.88. The SMILES string of the molecule is COc1cc(CNC(C)CCc2ccccc2)cc(Cl)c1OCc1ccccc1.Cl. The summed E-state index contributed by atoms with van der Waals surface area (Å²) in [5.74, 6) is 1.24. The van der Waals surface area contributed by atoms with Crippen molar-refractivity contribution in [3.05, 3.63) is 94.5 Å². The molecule has 3 rings (SSSR count). The molecule has 0 fully saturated rings. The number of aryl methyl sites for hydroxylation is 1. The Labute approximate surface area is 190 Å². The number of nitrogens with one attached hydrogen (secondary N) is 1. The summed E-state index contributed by atoms with van der Waals surface area (Å²) in [7, 11) is 1.64. The maximum atomic E-state index is 6.50. The van der Waals surface area contributed by atoms with Crippen molar-refractivity contribution < 1.29 is 9.47 Å². The molecule has 160 valence electrons. The largest absolute Gasteiger partial charge is 0.493 e. The Bertz CT molecular complexity index is 888. The van der Waals surface area contributed by atoms with Gasteiger partial charge in [0, 0.05) is 12.6 Å². The topological polar surface area (TPSA) is 30.5 Å². The highest BCUT2D eigenvalue weighted by Crippen LogP contribution is 2.37. The van der Waals surface area contributed by atoms with Crippen molar-refractivity contribution in [1.82, 2.24) is 5.32 Å². The maximum Gasteiger partial charge on any atom is 0.180 e. The summed E-state index contributed by atoms with van der Waals surface area (Å²) in [5.41, 5.74) is 3.53. The van der Waals surface area contributed by atoms with Gasteiger partial charge in [0.1, 0.15) is 6.61 Å². The Morgan fingerprint density at radius 2 is 1.53 bits per heavy atom. The van der Waals surface area contributed by atoms with Crippen LogP contribution in [0.4, 0.5) is 0 Å². The zero-order valence-corrected chi connectivity index (χ0v) is 19.0. The fraction of sp³-hybridized carbons (Fsp3) is 0.280. The van der Waals surface area contributed by atoms with Crippen molar-refractivity contribution in [3.63, 3.8) is 0 Å². The zero-order chi connectivity index (χ0) is 20.5. The van der Waals surface area contributed by atoms with Crippen LogP contribution in [0.2, 0.25) is 5.02 Å². The minimum absolute atomic E-state index is 0. The van der Waals surface area contributed by atoms with Crippen LogP contribution in [0.5, 0.6) is 11.5 Å². The van der Waals surface area contributed by atoms with E-state index in [-0.39, 0.29) is 12.4 Å². The molecule has 0 amide bonds. The van der Waals surface area contributed by atoms with Gasteiger partial charge in [-0.25, -0.2) is 0 Å². The molecule has 0 radical (unpaired) electrons. The molecule has 30 heavy (non-hydrogen) atoms. The normalized spacial score (nSPS) is 11.4. The molecule has 3 nitrogen and oxygen atoms in total. The minimum atomic E-state index is 0. The van der Waals surface area contributed by atoms with Crippen LogP contribution in [-0.4, -0.2) is 13.2 Å². The molecular formula is C25H29Cl2NO2. The van der Waals surface area contributed by atoms with Crippen LogP contribution >= 0.6 is 24.0 Å². The van der Waals surface area contributed by atoms with E-state index in [1.54, 1.807) is 7.11 Å². The van der Waals surface area contributed by atoms with E-state index in [0.717, 1.165) is 30.5 Å². The van der Waals surface area contributed by atoms with Crippen LogP contribution in [0.1, 0.15) is 30.0 Å². The maximum absolute atomic E-state index is 6.50. The molecule has 0 aliphatic carbocycles. The molecule has 1 unspecified atom stereocenters. The van der Waals surface area contributed by atoms with E-state index in [1.165, 1.54) is 5.56 Å². The third-order valence-corrected chi connectivity index (χ3v) is 5.16. The van der Waals surface area contributed by atoms with E-state index in [9.17, 15) is 0 Å². The van der Waals surface area contributed by atoms with E-state index in [1.807, 2.05) is 42.5 Å². The summed E-state index contributed by atoms with van der Waals surface area (Å²) in [6, 6.07) is 24.9. The van der Waals surface area contributed by atoms with Crippen LogP contribution in [0.25, 0.3) is 0 Å². The molecule has 0 saturated carbocycles. The highest BCUT2D eigenvalue weighted by atomic mass is 35.5. The van der Waals surface area contributed by atoms with Crippen LogP contribution in [0.3, 0.4) is 0 Å². The first-order valence-electron chi connectivity index (χ1n) is 9.96. The van der Waals surface area contributed by atoms with Gasteiger partial charge in [0.2, 0.25) is 0 Å². The van der Waals surface area contributed by atoms with Gasteiger partial charge in [0.15, 0.2) is 11.5 Å². The average Bonchev–Trinajstić information content (AvgIpc) is 2.76. The van der Waals surface area contributed by atoms with Crippen molar-refractivity contribution in [2.45, 2.75) is 39.0 Å². The van der Waals surface area contributed by atoms with Gasteiger partial charge in [-0.15, -0.1) is 12.4 Å². The van der Waals surface area contributed by atoms with Crippen LogP contribution in [0, 0.1) is 0 Å². The highest BCUT2D eigenvalue weighted by molar-refractivity contribution is 6.32. The molecule has 1 N–H and O–H groups in total. The van der Waals surface area contributed by atoms with Crippen molar-refractivity contribution >= 4 is 24.0 Å². The van der Waals surface area contributed by atoms with Gasteiger partial charge in [0.25, 0.3) is 0 Å². The second kappa shape index (κ2) is 12.5. The molecular weight excluding hydrogens is 417 g/mol. The summed E-state index contributed by atoms with van der Waals surface area (Å²) >= 11 is 6.50. The van der Waals surface area contributed by atoms with E-state index >= 15 is 0 Å². The minimum Gasteiger partial charge on any atom is -0.493 e. The number of halogens is 2. The summed E-state index contributed by atoms with van der Waals surface area (Å²) < 4.78 is 11.5.